The summed E-state index contributed by atoms with van der Waals surface area (Å²) < 4.78 is 0. The quantitative estimate of drug-likeness (QED) is 0.769. The minimum Gasteiger partial charge on any atom is -0.308 e. The van der Waals surface area contributed by atoms with E-state index in [-0.39, 0.29) is 5.91 Å². The van der Waals surface area contributed by atoms with Crippen molar-refractivity contribution in [1.29, 1.82) is 0 Å². The first-order valence-corrected chi connectivity index (χ1v) is 6.79. The van der Waals surface area contributed by atoms with Gasteiger partial charge in [0.2, 0.25) is 0 Å². The number of benzene rings is 2. The highest BCUT2D eigenvalue weighted by Crippen LogP contribution is 2.28. The fraction of sp³-hybridized carbons (Fsp3) is 0.188. The summed E-state index contributed by atoms with van der Waals surface area (Å²) in [6, 6.07) is 15.2. The van der Waals surface area contributed by atoms with Crippen LogP contribution < -0.4 is 4.90 Å². The molecule has 0 N–H and O–H groups in total. The third-order valence-electron chi connectivity index (χ3n) is 3.45. The van der Waals surface area contributed by atoms with E-state index >= 15 is 0 Å². The average molecular weight is 272 g/mol. The lowest BCUT2D eigenvalue weighted by molar-refractivity contribution is 0.0985. The predicted octanol–water partition coefficient (Wildman–Crippen LogP) is 3.93. The van der Waals surface area contributed by atoms with Crippen LogP contribution in [0, 0.1) is 0 Å². The molecule has 1 aliphatic rings. The molecule has 0 saturated heterocycles. The molecule has 19 heavy (non-hydrogen) atoms. The van der Waals surface area contributed by atoms with Gasteiger partial charge in [0.1, 0.15) is 0 Å². The molecule has 0 fully saturated rings. The monoisotopic (exact) mass is 271 g/mol. The highest BCUT2D eigenvalue weighted by molar-refractivity contribution is 6.30. The minimum atomic E-state index is 0.0452. The molecule has 0 unspecified atom stereocenters. The number of hydrogen-bond acceptors (Lipinski definition) is 1. The van der Waals surface area contributed by atoms with Crippen molar-refractivity contribution >= 4 is 23.2 Å². The first kappa shape index (κ1) is 12.2. The third-order valence-corrected chi connectivity index (χ3v) is 3.70. The van der Waals surface area contributed by atoms with E-state index < -0.39 is 0 Å². The number of amides is 1. The van der Waals surface area contributed by atoms with Crippen molar-refractivity contribution in [2.45, 2.75) is 12.8 Å². The van der Waals surface area contributed by atoms with Crippen molar-refractivity contribution in [1.82, 2.24) is 0 Å². The van der Waals surface area contributed by atoms with Crippen molar-refractivity contribution in [3.8, 4) is 0 Å². The molecule has 1 heterocycles. The van der Waals surface area contributed by atoms with Crippen LogP contribution in [0.1, 0.15) is 22.3 Å². The van der Waals surface area contributed by atoms with Gasteiger partial charge in [0.25, 0.3) is 5.91 Å². The third kappa shape index (κ3) is 2.36. The number of aryl methyl sites for hydroxylation is 1. The Morgan fingerprint density at radius 3 is 2.58 bits per heavy atom. The van der Waals surface area contributed by atoms with Gasteiger partial charge in [-0.3, -0.25) is 4.79 Å². The molecular weight excluding hydrogens is 258 g/mol. The summed E-state index contributed by atoms with van der Waals surface area (Å²) in [5.41, 5.74) is 2.96. The molecule has 1 aliphatic heterocycles. The maximum Gasteiger partial charge on any atom is 0.258 e. The molecule has 2 aromatic rings. The second-order valence-electron chi connectivity index (χ2n) is 4.70. The zero-order chi connectivity index (χ0) is 13.2. The van der Waals surface area contributed by atoms with Gasteiger partial charge in [0, 0.05) is 22.8 Å². The standard InChI is InChI=1S/C16H14ClNO/c17-14-9-7-13(8-10-14)16(19)18-11-3-5-12-4-1-2-6-15(12)18/h1-2,4,6-10H,3,5,11H2. The van der Waals surface area contributed by atoms with Crippen LogP contribution in [0.25, 0.3) is 0 Å². The van der Waals surface area contributed by atoms with Crippen LogP contribution in [-0.2, 0) is 6.42 Å². The van der Waals surface area contributed by atoms with Crippen LogP contribution in [0.5, 0.6) is 0 Å². The Morgan fingerprint density at radius 2 is 1.79 bits per heavy atom. The first-order chi connectivity index (χ1) is 9.25. The van der Waals surface area contributed by atoms with Gasteiger partial charge < -0.3 is 4.90 Å². The maximum atomic E-state index is 12.6. The molecule has 0 aliphatic carbocycles. The SMILES string of the molecule is O=C(c1ccc(Cl)cc1)N1CCCc2ccccc21. The largest absolute Gasteiger partial charge is 0.308 e. The molecule has 2 nitrogen and oxygen atoms in total. The summed E-state index contributed by atoms with van der Waals surface area (Å²) >= 11 is 5.86. The lowest BCUT2D eigenvalue weighted by Gasteiger charge is -2.29. The Balaban J connectivity index is 1.95. The molecule has 2 aromatic carbocycles. The molecule has 0 aromatic heterocycles. The van der Waals surface area contributed by atoms with Crippen molar-refractivity contribution in [2.75, 3.05) is 11.4 Å². The number of halogens is 1. The number of hydrogen-bond donors (Lipinski definition) is 0. The summed E-state index contributed by atoms with van der Waals surface area (Å²) in [5, 5.41) is 0.649. The average Bonchev–Trinajstić information content (AvgIpc) is 2.47. The van der Waals surface area contributed by atoms with E-state index in [1.165, 1.54) is 5.56 Å². The normalized spacial score (nSPS) is 14.1. The van der Waals surface area contributed by atoms with Gasteiger partial charge in [-0.05, 0) is 48.7 Å². The second kappa shape index (κ2) is 5.06. The number of nitrogens with zero attached hydrogens (tertiary/aromatic N) is 1. The molecule has 0 spiro atoms. The van der Waals surface area contributed by atoms with E-state index in [1.807, 2.05) is 23.1 Å². The molecular formula is C16H14ClNO. The highest BCUT2D eigenvalue weighted by atomic mass is 35.5. The topological polar surface area (TPSA) is 20.3 Å². The number of rotatable bonds is 1. The summed E-state index contributed by atoms with van der Waals surface area (Å²) in [4.78, 5) is 14.4. The van der Waals surface area contributed by atoms with Crippen LogP contribution in [0.15, 0.2) is 48.5 Å². The van der Waals surface area contributed by atoms with Crippen molar-refractivity contribution < 1.29 is 4.79 Å². The molecule has 1 amide bonds. The van der Waals surface area contributed by atoms with Crippen molar-refractivity contribution in [2.24, 2.45) is 0 Å². The number of para-hydroxylation sites is 1. The van der Waals surface area contributed by atoms with E-state index in [0.717, 1.165) is 25.1 Å². The van der Waals surface area contributed by atoms with E-state index in [9.17, 15) is 4.79 Å². The first-order valence-electron chi connectivity index (χ1n) is 6.41. The van der Waals surface area contributed by atoms with Crippen LogP contribution >= 0.6 is 11.6 Å². The smallest absolute Gasteiger partial charge is 0.258 e. The summed E-state index contributed by atoms with van der Waals surface area (Å²) in [6.07, 6.45) is 2.05. The van der Waals surface area contributed by atoms with Gasteiger partial charge in [-0.1, -0.05) is 29.8 Å². The summed E-state index contributed by atoms with van der Waals surface area (Å²) in [7, 11) is 0. The van der Waals surface area contributed by atoms with E-state index in [4.69, 9.17) is 11.6 Å². The molecule has 3 rings (SSSR count). The van der Waals surface area contributed by atoms with Gasteiger partial charge in [0.05, 0.1) is 0 Å². The van der Waals surface area contributed by atoms with E-state index in [1.54, 1.807) is 24.3 Å². The number of anilines is 1. The fourth-order valence-electron chi connectivity index (χ4n) is 2.49. The lowest BCUT2D eigenvalue weighted by atomic mass is 10.0. The van der Waals surface area contributed by atoms with Crippen LogP contribution in [0.4, 0.5) is 5.69 Å². The highest BCUT2D eigenvalue weighted by Gasteiger charge is 2.22. The minimum absolute atomic E-state index is 0.0452. The van der Waals surface area contributed by atoms with E-state index in [2.05, 4.69) is 6.07 Å². The molecule has 0 bridgehead atoms. The predicted molar refractivity (Wildman–Crippen MR) is 77.9 cm³/mol. The Labute approximate surface area is 117 Å². The number of carbonyl (C=O) groups excluding carboxylic acids is 1. The molecule has 0 atom stereocenters. The Morgan fingerprint density at radius 1 is 1.05 bits per heavy atom. The zero-order valence-electron chi connectivity index (χ0n) is 10.5. The van der Waals surface area contributed by atoms with Crippen LogP contribution in [0.2, 0.25) is 5.02 Å². The Kier molecular flexibility index (Phi) is 3.26. The van der Waals surface area contributed by atoms with Crippen molar-refractivity contribution in [3.63, 3.8) is 0 Å². The summed E-state index contributed by atoms with van der Waals surface area (Å²) in [6.45, 7) is 0.776. The molecule has 96 valence electrons. The number of fused-ring (bicyclic) bond motifs is 1. The Bertz CT molecular complexity index is 606. The Hall–Kier alpha value is -1.80. The van der Waals surface area contributed by atoms with Crippen LogP contribution in [0.3, 0.4) is 0 Å². The molecule has 3 heteroatoms. The van der Waals surface area contributed by atoms with Gasteiger partial charge in [-0.2, -0.15) is 0 Å². The number of carbonyl (C=O) groups is 1. The molecule has 0 saturated carbocycles. The van der Waals surface area contributed by atoms with Gasteiger partial charge in [-0.15, -0.1) is 0 Å². The van der Waals surface area contributed by atoms with Gasteiger partial charge in [0.15, 0.2) is 0 Å². The lowest BCUT2D eigenvalue weighted by Crippen LogP contribution is -2.35. The van der Waals surface area contributed by atoms with Gasteiger partial charge >= 0.3 is 0 Å². The zero-order valence-corrected chi connectivity index (χ0v) is 11.2. The van der Waals surface area contributed by atoms with Crippen molar-refractivity contribution in [3.05, 3.63) is 64.7 Å². The fourth-order valence-corrected chi connectivity index (χ4v) is 2.62. The maximum absolute atomic E-state index is 12.6. The van der Waals surface area contributed by atoms with Crippen LogP contribution in [-0.4, -0.2) is 12.5 Å². The van der Waals surface area contributed by atoms with E-state index in [0.29, 0.717) is 10.6 Å². The van der Waals surface area contributed by atoms with Gasteiger partial charge in [-0.25, -0.2) is 0 Å². The summed E-state index contributed by atoms with van der Waals surface area (Å²) in [5.74, 6) is 0.0452. The molecule has 0 radical (unpaired) electrons. The second-order valence-corrected chi connectivity index (χ2v) is 5.13.